The van der Waals surface area contributed by atoms with Crippen LogP contribution in [-0.4, -0.2) is 57.1 Å². The molecule has 0 saturated carbocycles. The highest BCUT2D eigenvalue weighted by Crippen LogP contribution is 2.39. The van der Waals surface area contributed by atoms with E-state index in [4.69, 9.17) is 9.97 Å². The number of amides is 1. The van der Waals surface area contributed by atoms with Crippen LogP contribution in [0.5, 0.6) is 0 Å². The summed E-state index contributed by atoms with van der Waals surface area (Å²) < 4.78 is 2.89. The molecule has 1 N–H and O–H groups in total. The number of carbonyl (C=O) groups excluding carboxylic acids is 1. The molecule has 1 aliphatic heterocycles. The van der Waals surface area contributed by atoms with Crippen LogP contribution in [-0.2, 0) is 13.0 Å². The van der Waals surface area contributed by atoms with Gasteiger partial charge in [0.05, 0.1) is 35.6 Å². The molecule has 0 bridgehead atoms. The average molecular weight is 477 g/mol. The van der Waals surface area contributed by atoms with Gasteiger partial charge in [0, 0.05) is 31.4 Å². The summed E-state index contributed by atoms with van der Waals surface area (Å²) in [6.07, 6.45) is 7.02. The molecule has 3 aromatic rings. The zero-order chi connectivity index (χ0) is 24.8. The Labute approximate surface area is 207 Å². The first-order chi connectivity index (χ1) is 16.7. The molecule has 8 nitrogen and oxygen atoms in total. The van der Waals surface area contributed by atoms with Gasteiger partial charge in [-0.1, -0.05) is 12.1 Å². The summed E-state index contributed by atoms with van der Waals surface area (Å²) in [7, 11) is 2.17. The van der Waals surface area contributed by atoms with Crippen LogP contribution >= 0.6 is 0 Å². The lowest BCUT2D eigenvalue weighted by Crippen LogP contribution is -2.62. The van der Waals surface area contributed by atoms with Crippen molar-refractivity contribution in [1.82, 2.24) is 29.1 Å². The van der Waals surface area contributed by atoms with E-state index in [1.165, 1.54) is 17.7 Å². The number of likely N-dealkylation sites (tertiary alicyclic amines) is 1. The zero-order valence-electron chi connectivity index (χ0n) is 21.2. The third-order valence-corrected chi connectivity index (χ3v) is 8.07. The highest BCUT2D eigenvalue weighted by molar-refractivity contribution is 5.62. The molecule has 35 heavy (non-hydrogen) atoms. The van der Waals surface area contributed by atoms with E-state index in [1.807, 2.05) is 12.3 Å². The molecule has 2 aliphatic rings. The summed E-state index contributed by atoms with van der Waals surface area (Å²) in [6, 6.07) is 10.7. The number of nitrogens with zero attached hydrogens (tertiary/aromatic N) is 5. The first kappa shape index (κ1) is 23.8. The van der Waals surface area contributed by atoms with Crippen LogP contribution < -0.4 is 14.9 Å². The molecule has 4 heterocycles. The lowest BCUT2D eigenvalue weighted by atomic mass is 9.91. The van der Waals surface area contributed by atoms with Gasteiger partial charge in [-0.05, 0) is 64.8 Å². The molecule has 186 valence electrons. The minimum atomic E-state index is -1.20. The highest BCUT2D eigenvalue weighted by atomic mass is 16.4. The molecule has 3 atom stereocenters. The standard InChI is InChI=1S/C27H36N6O2/c1-27(2,3)33(15-13-20(18-33)30-26(34)35)24-12-6-11-23-29-21(17-32(23)24)16-31(4)22-10-5-8-19-9-7-14-28-25(19)22/h6-7,9,11-12,14,17,20,22,30H,5,8,10,13,15-16,18H2,1-4H3/t20-,22+,33?/m1/s1. The maximum atomic E-state index is 11.2. The second-order valence-corrected chi connectivity index (χ2v) is 11.2. The maximum absolute atomic E-state index is 11.2. The van der Waals surface area contributed by atoms with Crippen LogP contribution in [0, 0.1) is 0 Å². The van der Waals surface area contributed by atoms with Crippen molar-refractivity contribution in [3.05, 3.63) is 59.7 Å². The van der Waals surface area contributed by atoms with E-state index in [0.29, 0.717) is 17.1 Å². The maximum Gasteiger partial charge on any atom is 0.214 e. The number of hydrogen-bond donors (Lipinski definition) is 1. The predicted octanol–water partition coefficient (Wildman–Crippen LogP) is 3.05. The molecule has 3 aromatic heterocycles. The number of imidazole rings is 1. The van der Waals surface area contributed by atoms with E-state index in [0.717, 1.165) is 49.5 Å². The lowest BCUT2D eigenvalue weighted by molar-refractivity contribution is -0.251. The largest absolute Gasteiger partial charge is 0.530 e. The van der Waals surface area contributed by atoms with Crippen LogP contribution in [0.25, 0.3) is 5.65 Å². The summed E-state index contributed by atoms with van der Waals surface area (Å²) in [5.74, 6) is 1.14. The molecule has 1 amide bonds. The molecule has 0 radical (unpaired) electrons. The smallest absolute Gasteiger partial charge is 0.214 e. The minimum Gasteiger partial charge on any atom is -0.530 e. The van der Waals surface area contributed by atoms with Crippen LogP contribution in [0.15, 0.2) is 42.7 Å². The third-order valence-electron chi connectivity index (χ3n) is 8.07. The number of carboxylic acid groups (broad SMARTS) is 1. The third kappa shape index (κ3) is 4.29. The number of carbonyl (C=O) groups is 1. The van der Waals surface area contributed by atoms with Gasteiger partial charge in [0.2, 0.25) is 5.82 Å². The average Bonchev–Trinajstić information content (AvgIpc) is 3.42. The monoisotopic (exact) mass is 476 g/mol. The van der Waals surface area contributed by atoms with Crippen LogP contribution in [0.2, 0.25) is 0 Å². The summed E-state index contributed by atoms with van der Waals surface area (Å²) in [5.41, 5.74) is 4.39. The molecule has 8 heteroatoms. The number of aryl methyl sites for hydroxylation is 1. The Balaban J connectivity index is 1.46. The van der Waals surface area contributed by atoms with Gasteiger partial charge in [0.15, 0.2) is 0 Å². The summed E-state index contributed by atoms with van der Waals surface area (Å²) in [5, 5.41) is 13.8. The molecule has 0 aromatic carbocycles. The molecular weight excluding hydrogens is 440 g/mol. The van der Waals surface area contributed by atoms with Gasteiger partial charge in [0.1, 0.15) is 18.3 Å². The molecule has 0 spiro atoms. The van der Waals surface area contributed by atoms with Crippen molar-refractivity contribution in [3.63, 3.8) is 0 Å². The van der Waals surface area contributed by atoms with Crippen LogP contribution in [0.4, 0.5) is 10.6 Å². The number of pyridine rings is 2. The van der Waals surface area contributed by atoms with Crippen LogP contribution in [0.1, 0.15) is 63.0 Å². The Morgan fingerprint density at radius 3 is 2.86 bits per heavy atom. The molecule has 1 fully saturated rings. The molecule has 1 aliphatic carbocycles. The van der Waals surface area contributed by atoms with E-state index < -0.39 is 6.09 Å². The fraction of sp³-hybridized carbons (Fsp3) is 0.519. The summed E-state index contributed by atoms with van der Waals surface area (Å²) in [4.78, 5) is 23.3. The van der Waals surface area contributed by atoms with E-state index in [2.05, 4.69) is 72.9 Å². The molecule has 1 saturated heterocycles. The Bertz CT molecular complexity index is 1230. The van der Waals surface area contributed by atoms with Gasteiger partial charge in [-0.25, -0.2) is 4.98 Å². The number of fused-ring (bicyclic) bond motifs is 2. The minimum absolute atomic E-state index is 0.116. The van der Waals surface area contributed by atoms with Crippen molar-refractivity contribution >= 4 is 17.6 Å². The molecular formula is C27H36N6O2. The fourth-order valence-corrected chi connectivity index (χ4v) is 6.23. The van der Waals surface area contributed by atoms with Crippen molar-refractivity contribution in [3.8, 4) is 0 Å². The Morgan fingerprint density at radius 2 is 2.09 bits per heavy atom. The Hall–Kier alpha value is -2.97. The highest BCUT2D eigenvalue weighted by Gasteiger charge is 2.50. The zero-order valence-corrected chi connectivity index (χ0v) is 21.2. The van der Waals surface area contributed by atoms with Gasteiger partial charge in [-0.3, -0.25) is 18.8 Å². The topological polar surface area (TPSA) is 85.6 Å². The molecule has 1 unspecified atom stereocenters. The first-order valence-corrected chi connectivity index (χ1v) is 12.6. The van der Waals surface area contributed by atoms with E-state index >= 15 is 0 Å². The van der Waals surface area contributed by atoms with Crippen molar-refractivity contribution in [2.24, 2.45) is 0 Å². The Kier molecular flexibility index (Phi) is 6.05. The Morgan fingerprint density at radius 1 is 1.26 bits per heavy atom. The second-order valence-electron chi connectivity index (χ2n) is 11.2. The summed E-state index contributed by atoms with van der Waals surface area (Å²) in [6.45, 7) is 8.97. The predicted molar refractivity (Wildman–Crippen MR) is 135 cm³/mol. The van der Waals surface area contributed by atoms with Gasteiger partial charge >= 0.3 is 0 Å². The van der Waals surface area contributed by atoms with Crippen molar-refractivity contribution in [1.29, 1.82) is 0 Å². The van der Waals surface area contributed by atoms with Gasteiger partial charge in [0.25, 0.3) is 0 Å². The van der Waals surface area contributed by atoms with Crippen molar-refractivity contribution in [2.45, 2.75) is 70.6 Å². The van der Waals surface area contributed by atoms with E-state index in [-0.39, 0.29) is 11.6 Å². The van der Waals surface area contributed by atoms with Gasteiger partial charge < -0.3 is 15.2 Å². The van der Waals surface area contributed by atoms with E-state index in [1.54, 1.807) is 0 Å². The second kappa shape index (κ2) is 8.91. The number of quaternary nitrogens is 1. The number of rotatable bonds is 5. The number of hydrogen-bond acceptors (Lipinski definition) is 5. The number of nitrogens with one attached hydrogen (secondary N) is 1. The fourth-order valence-electron chi connectivity index (χ4n) is 6.23. The van der Waals surface area contributed by atoms with Crippen molar-refractivity contribution in [2.75, 3.05) is 20.1 Å². The van der Waals surface area contributed by atoms with Crippen LogP contribution in [0.3, 0.4) is 0 Å². The lowest BCUT2D eigenvalue weighted by Gasteiger charge is -2.45. The quantitative estimate of drug-likeness (QED) is 0.572. The summed E-state index contributed by atoms with van der Waals surface area (Å²) >= 11 is 0. The van der Waals surface area contributed by atoms with Crippen molar-refractivity contribution < 1.29 is 9.90 Å². The van der Waals surface area contributed by atoms with Gasteiger partial charge in [-0.2, -0.15) is 0 Å². The normalized spacial score (nSPS) is 24.6. The number of aromatic nitrogens is 3. The molecule has 5 rings (SSSR count). The van der Waals surface area contributed by atoms with Gasteiger partial charge in [-0.15, -0.1) is 0 Å². The van der Waals surface area contributed by atoms with E-state index in [9.17, 15) is 9.90 Å². The SMILES string of the molecule is CN(Cc1cn2c([N+]3(C(C)(C)C)CC[C@@H](NC(=O)[O-])C3)cccc2n1)[C@H]1CCCc2cccnc21. The first-order valence-electron chi connectivity index (χ1n) is 12.6.